The van der Waals surface area contributed by atoms with Gasteiger partial charge in [0.15, 0.2) is 9.84 Å². The Morgan fingerprint density at radius 3 is 2.43 bits per heavy atom. The highest BCUT2D eigenvalue weighted by Gasteiger charge is 2.30. The predicted molar refractivity (Wildman–Crippen MR) is 86.5 cm³/mol. The van der Waals surface area contributed by atoms with E-state index >= 15 is 0 Å². The van der Waals surface area contributed by atoms with E-state index in [-0.39, 0.29) is 12.5 Å². The van der Waals surface area contributed by atoms with Crippen molar-refractivity contribution in [1.82, 2.24) is 5.32 Å². The molecule has 21 heavy (non-hydrogen) atoms. The first kappa shape index (κ1) is 17.5. The fourth-order valence-electron chi connectivity index (χ4n) is 1.61. The molecule has 0 saturated carbocycles. The van der Waals surface area contributed by atoms with Crippen molar-refractivity contribution in [2.45, 2.75) is 31.9 Å². The molecule has 1 aromatic rings. The first-order valence-corrected chi connectivity index (χ1v) is 8.89. The van der Waals surface area contributed by atoms with Crippen LogP contribution in [0.15, 0.2) is 24.3 Å². The van der Waals surface area contributed by atoms with Crippen LogP contribution in [0.2, 0.25) is 0 Å². The van der Waals surface area contributed by atoms with Crippen LogP contribution in [-0.4, -0.2) is 38.4 Å². The maximum atomic E-state index is 12.3. The van der Waals surface area contributed by atoms with Crippen LogP contribution in [0.3, 0.4) is 0 Å². The summed E-state index contributed by atoms with van der Waals surface area (Å²) in [6.07, 6.45) is 2.13. The van der Waals surface area contributed by atoms with Gasteiger partial charge in [0.2, 0.25) is 0 Å². The summed E-state index contributed by atoms with van der Waals surface area (Å²) in [5.74, 6) is -0.272. The maximum absolute atomic E-state index is 12.3. The molecule has 6 heteroatoms. The van der Waals surface area contributed by atoms with E-state index in [2.05, 4.69) is 10.6 Å². The van der Waals surface area contributed by atoms with E-state index in [0.29, 0.717) is 5.56 Å². The first-order chi connectivity index (χ1) is 9.69. The average molecular weight is 312 g/mol. The number of carbonyl (C=O) groups excluding carboxylic acids is 1. The fraction of sp³-hybridized carbons (Fsp3) is 0.533. The lowest BCUT2D eigenvalue weighted by Gasteiger charge is -2.23. The van der Waals surface area contributed by atoms with E-state index in [1.165, 1.54) is 6.26 Å². The molecule has 0 aliphatic carbocycles. The summed E-state index contributed by atoms with van der Waals surface area (Å²) < 4.78 is 22.3. The van der Waals surface area contributed by atoms with Crippen LogP contribution in [0.1, 0.15) is 37.6 Å². The molecular formula is C15H24N2O3S. The lowest BCUT2D eigenvalue weighted by Crippen LogP contribution is -2.43. The predicted octanol–water partition coefficient (Wildman–Crippen LogP) is 2.06. The van der Waals surface area contributed by atoms with Gasteiger partial charge in [-0.15, -0.1) is 0 Å². The molecule has 0 fully saturated rings. The monoisotopic (exact) mass is 312 g/mol. The Hall–Kier alpha value is -1.56. The van der Waals surface area contributed by atoms with E-state index in [1.807, 2.05) is 19.1 Å². The second kappa shape index (κ2) is 6.93. The number of benzene rings is 1. The van der Waals surface area contributed by atoms with Crippen molar-refractivity contribution in [2.75, 3.05) is 24.7 Å². The van der Waals surface area contributed by atoms with Gasteiger partial charge >= 0.3 is 0 Å². The number of para-hydroxylation sites is 1. The molecule has 0 saturated heterocycles. The Kier molecular flexibility index (Phi) is 5.78. The van der Waals surface area contributed by atoms with Gasteiger partial charge in [0, 0.05) is 25.0 Å². The van der Waals surface area contributed by atoms with Crippen LogP contribution in [0.4, 0.5) is 5.69 Å². The largest absolute Gasteiger partial charge is 0.384 e. The quantitative estimate of drug-likeness (QED) is 0.808. The first-order valence-electron chi connectivity index (χ1n) is 6.99. The van der Waals surface area contributed by atoms with Crippen LogP contribution in [-0.2, 0) is 9.84 Å². The van der Waals surface area contributed by atoms with Crippen molar-refractivity contribution in [2.24, 2.45) is 0 Å². The Bertz CT molecular complexity index is 595. The summed E-state index contributed by atoms with van der Waals surface area (Å²) in [6.45, 7) is 6.10. The summed E-state index contributed by atoms with van der Waals surface area (Å²) in [7, 11) is -3.23. The number of nitrogens with one attached hydrogen (secondary N) is 2. The molecule has 2 N–H and O–H groups in total. The number of anilines is 1. The van der Waals surface area contributed by atoms with Gasteiger partial charge in [0.05, 0.1) is 10.3 Å². The van der Waals surface area contributed by atoms with Crippen molar-refractivity contribution >= 4 is 21.4 Å². The molecule has 0 atom stereocenters. The molecule has 0 spiro atoms. The van der Waals surface area contributed by atoms with Crippen molar-refractivity contribution in [3.05, 3.63) is 29.8 Å². The van der Waals surface area contributed by atoms with E-state index in [1.54, 1.807) is 26.0 Å². The lowest BCUT2D eigenvalue weighted by atomic mass is 10.1. The van der Waals surface area contributed by atoms with Crippen molar-refractivity contribution in [1.29, 1.82) is 0 Å². The zero-order valence-corrected chi connectivity index (χ0v) is 13.9. The molecule has 0 aromatic heterocycles. The van der Waals surface area contributed by atoms with Crippen LogP contribution < -0.4 is 10.6 Å². The lowest BCUT2D eigenvalue weighted by molar-refractivity contribution is 0.0951. The van der Waals surface area contributed by atoms with Crippen LogP contribution in [0.5, 0.6) is 0 Å². The number of carbonyl (C=O) groups is 1. The zero-order chi connectivity index (χ0) is 16.1. The minimum absolute atomic E-state index is 0.0762. The van der Waals surface area contributed by atoms with Crippen LogP contribution in [0.25, 0.3) is 0 Å². The number of rotatable bonds is 7. The molecule has 0 aliphatic heterocycles. The van der Waals surface area contributed by atoms with E-state index < -0.39 is 14.6 Å². The minimum Gasteiger partial charge on any atom is -0.384 e. The Morgan fingerprint density at radius 1 is 1.24 bits per heavy atom. The summed E-state index contributed by atoms with van der Waals surface area (Å²) >= 11 is 0. The fourth-order valence-corrected chi connectivity index (χ4v) is 1.95. The molecule has 1 aromatic carbocycles. The van der Waals surface area contributed by atoms with Gasteiger partial charge in [0.25, 0.3) is 5.91 Å². The molecule has 0 aliphatic rings. The van der Waals surface area contributed by atoms with Gasteiger partial charge in [-0.3, -0.25) is 4.79 Å². The van der Waals surface area contributed by atoms with E-state index in [4.69, 9.17) is 0 Å². The number of hydrogen-bond acceptors (Lipinski definition) is 4. The second-order valence-electron chi connectivity index (χ2n) is 5.69. The van der Waals surface area contributed by atoms with Crippen LogP contribution in [0, 0.1) is 0 Å². The summed E-state index contributed by atoms with van der Waals surface area (Å²) in [5, 5.41) is 5.90. The number of amides is 1. The molecule has 1 rings (SSSR count). The highest BCUT2D eigenvalue weighted by molar-refractivity contribution is 7.92. The SMILES string of the molecule is CCCNc1ccccc1C(=O)NCC(C)(C)S(C)(=O)=O. The molecule has 0 unspecified atom stereocenters. The zero-order valence-electron chi connectivity index (χ0n) is 13.1. The molecule has 0 radical (unpaired) electrons. The highest BCUT2D eigenvalue weighted by atomic mass is 32.2. The highest BCUT2D eigenvalue weighted by Crippen LogP contribution is 2.17. The van der Waals surface area contributed by atoms with Crippen molar-refractivity contribution in [3.63, 3.8) is 0 Å². The molecule has 118 valence electrons. The number of sulfone groups is 1. The van der Waals surface area contributed by atoms with Gasteiger partial charge in [-0.05, 0) is 32.4 Å². The topological polar surface area (TPSA) is 75.3 Å². The van der Waals surface area contributed by atoms with Crippen molar-refractivity contribution in [3.8, 4) is 0 Å². The van der Waals surface area contributed by atoms with Gasteiger partial charge in [-0.25, -0.2) is 8.42 Å². The second-order valence-corrected chi connectivity index (χ2v) is 8.34. The third kappa shape index (κ3) is 4.74. The number of hydrogen-bond donors (Lipinski definition) is 2. The Labute approximate surface area is 127 Å². The van der Waals surface area contributed by atoms with Crippen LogP contribution >= 0.6 is 0 Å². The third-order valence-corrected chi connectivity index (χ3v) is 5.57. The van der Waals surface area contributed by atoms with E-state index in [9.17, 15) is 13.2 Å². The summed E-state index contributed by atoms with van der Waals surface area (Å²) in [6, 6.07) is 7.20. The van der Waals surface area contributed by atoms with Gasteiger partial charge < -0.3 is 10.6 Å². The average Bonchev–Trinajstić information content (AvgIpc) is 2.41. The van der Waals surface area contributed by atoms with Crippen molar-refractivity contribution < 1.29 is 13.2 Å². The molecule has 0 bridgehead atoms. The van der Waals surface area contributed by atoms with Gasteiger partial charge in [-0.1, -0.05) is 19.1 Å². The molecular weight excluding hydrogens is 288 g/mol. The minimum atomic E-state index is -3.23. The molecule has 0 heterocycles. The normalized spacial score (nSPS) is 12.0. The van der Waals surface area contributed by atoms with E-state index in [0.717, 1.165) is 18.7 Å². The summed E-state index contributed by atoms with van der Waals surface area (Å²) in [5.41, 5.74) is 1.28. The molecule has 5 nitrogen and oxygen atoms in total. The smallest absolute Gasteiger partial charge is 0.253 e. The van der Waals surface area contributed by atoms with Gasteiger partial charge in [-0.2, -0.15) is 0 Å². The molecule has 1 amide bonds. The standard InChI is InChI=1S/C15H24N2O3S/c1-5-10-16-13-9-7-6-8-12(13)14(18)17-11-15(2,3)21(4,19)20/h6-9,16H,5,10-11H2,1-4H3,(H,17,18). The third-order valence-electron chi connectivity index (χ3n) is 3.42. The maximum Gasteiger partial charge on any atom is 0.253 e. The Balaban J connectivity index is 2.81. The summed E-state index contributed by atoms with van der Waals surface area (Å²) in [4.78, 5) is 12.3. The Morgan fingerprint density at radius 2 is 1.86 bits per heavy atom. The van der Waals surface area contributed by atoms with Gasteiger partial charge in [0.1, 0.15) is 0 Å².